The lowest BCUT2D eigenvalue weighted by Gasteiger charge is -2.17. The van der Waals surface area contributed by atoms with Gasteiger partial charge >= 0.3 is 12.3 Å². The zero-order chi connectivity index (χ0) is 13.8. The van der Waals surface area contributed by atoms with Crippen LogP contribution in [-0.2, 0) is 11.3 Å². The number of halogens is 4. The van der Waals surface area contributed by atoms with E-state index >= 15 is 0 Å². The van der Waals surface area contributed by atoms with E-state index in [9.17, 15) is 18.0 Å². The number of ether oxygens (including phenoxy) is 1. The summed E-state index contributed by atoms with van der Waals surface area (Å²) in [4.78, 5) is 12.3. The minimum atomic E-state index is -4.51. The number of amides is 1. The van der Waals surface area contributed by atoms with E-state index in [-0.39, 0.29) is 6.54 Å². The predicted octanol–water partition coefficient (Wildman–Crippen LogP) is 3.58. The van der Waals surface area contributed by atoms with Crippen molar-refractivity contribution >= 4 is 22.0 Å². The van der Waals surface area contributed by atoms with Crippen molar-refractivity contribution in [3.8, 4) is 0 Å². The molecule has 1 rings (SSSR count). The van der Waals surface area contributed by atoms with Gasteiger partial charge in [-0.2, -0.15) is 13.2 Å². The number of benzene rings is 1. The molecule has 1 aromatic rings. The van der Waals surface area contributed by atoms with Gasteiger partial charge in [0.2, 0.25) is 0 Å². The van der Waals surface area contributed by atoms with Crippen molar-refractivity contribution in [1.29, 1.82) is 0 Å². The number of rotatable bonds is 3. The molecule has 0 spiro atoms. The normalized spacial score (nSPS) is 11.2. The predicted molar refractivity (Wildman–Crippen MR) is 63.0 cm³/mol. The Balaban J connectivity index is 2.47. The van der Waals surface area contributed by atoms with Crippen LogP contribution in [0.2, 0.25) is 0 Å². The zero-order valence-corrected chi connectivity index (χ0v) is 11.1. The Bertz CT molecular complexity index is 406. The highest BCUT2D eigenvalue weighted by atomic mass is 79.9. The van der Waals surface area contributed by atoms with Gasteiger partial charge in [-0.05, 0) is 17.7 Å². The fraction of sp³-hybridized carbons (Fsp3) is 0.364. The summed E-state index contributed by atoms with van der Waals surface area (Å²) in [5, 5.41) is 0. The second kappa shape index (κ2) is 6.08. The molecule has 0 unspecified atom stereocenters. The molecule has 0 saturated heterocycles. The first-order valence-corrected chi connectivity index (χ1v) is 5.76. The SMILES string of the molecule is CN(Cc1ccc(Br)cc1)C(=O)OCC(F)(F)F. The topological polar surface area (TPSA) is 29.5 Å². The van der Waals surface area contributed by atoms with E-state index < -0.39 is 18.9 Å². The Hall–Kier alpha value is -1.24. The summed E-state index contributed by atoms with van der Waals surface area (Å²) in [5.74, 6) is 0. The third-order valence-electron chi connectivity index (χ3n) is 2.00. The van der Waals surface area contributed by atoms with Crippen LogP contribution in [0.25, 0.3) is 0 Å². The summed E-state index contributed by atoms with van der Waals surface area (Å²) < 4.78 is 40.5. The highest BCUT2D eigenvalue weighted by Crippen LogP contribution is 2.16. The van der Waals surface area contributed by atoms with E-state index in [0.717, 1.165) is 14.9 Å². The number of carbonyl (C=O) groups is 1. The van der Waals surface area contributed by atoms with Gasteiger partial charge in [0.05, 0.1) is 0 Å². The van der Waals surface area contributed by atoms with Gasteiger partial charge in [0.1, 0.15) is 0 Å². The molecule has 0 radical (unpaired) electrons. The molecule has 0 bridgehead atoms. The van der Waals surface area contributed by atoms with E-state index in [4.69, 9.17) is 0 Å². The Morgan fingerprint density at radius 3 is 2.39 bits per heavy atom. The molecule has 0 heterocycles. The van der Waals surface area contributed by atoms with Crippen molar-refractivity contribution < 1.29 is 22.7 Å². The lowest BCUT2D eigenvalue weighted by molar-refractivity contribution is -0.162. The Morgan fingerprint density at radius 1 is 1.33 bits per heavy atom. The van der Waals surface area contributed by atoms with E-state index in [1.807, 2.05) is 0 Å². The maximum Gasteiger partial charge on any atom is 0.422 e. The van der Waals surface area contributed by atoms with E-state index in [0.29, 0.717) is 0 Å². The fourth-order valence-electron chi connectivity index (χ4n) is 1.18. The summed E-state index contributed by atoms with van der Waals surface area (Å²) in [5.41, 5.74) is 0.796. The van der Waals surface area contributed by atoms with Crippen LogP contribution in [0.3, 0.4) is 0 Å². The van der Waals surface area contributed by atoms with Crippen molar-refractivity contribution in [2.45, 2.75) is 12.7 Å². The molecule has 7 heteroatoms. The fourth-order valence-corrected chi connectivity index (χ4v) is 1.45. The third-order valence-corrected chi connectivity index (χ3v) is 2.53. The maximum atomic E-state index is 11.8. The molecular formula is C11H11BrF3NO2. The van der Waals surface area contributed by atoms with Crippen LogP contribution in [0.5, 0.6) is 0 Å². The summed E-state index contributed by atoms with van der Waals surface area (Å²) in [6, 6.07) is 7.09. The van der Waals surface area contributed by atoms with Crippen LogP contribution in [0.15, 0.2) is 28.7 Å². The van der Waals surface area contributed by atoms with Crippen molar-refractivity contribution in [2.24, 2.45) is 0 Å². The molecule has 0 aliphatic heterocycles. The zero-order valence-electron chi connectivity index (χ0n) is 9.50. The second-order valence-electron chi connectivity index (χ2n) is 3.65. The maximum absolute atomic E-state index is 11.8. The highest BCUT2D eigenvalue weighted by molar-refractivity contribution is 9.10. The molecule has 3 nitrogen and oxygen atoms in total. The van der Waals surface area contributed by atoms with Crippen LogP contribution < -0.4 is 0 Å². The summed E-state index contributed by atoms with van der Waals surface area (Å²) in [6.45, 7) is -1.39. The molecule has 1 amide bonds. The summed E-state index contributed by atoms with van der Waals surface area (Å²) in [7, 11) is 1.38. The summed E-state index contributed by atoms with van der Waals surface area (Å²) >= 11 is 3.26. The molecule has 1 aromatic carbocycles. The minimum absolute atomic E-state index is 0.184. The van der Waals surface area contributed by atoms with Crippen LogP contribution >= 0.6 is 15.9 Å². The molecule has 0 aromatic heterocycles. The molecule has 0 aliphatic carbocycles. The quantitative estimate of drug-likeness (QED) is 0.850. The highest BCUT2D eigenvalue weighted by Gasteiger charge is 2.30. The number of alkyl halides is 3. The first-order valence-electron chi connectivity index (χ1n) is 4.97. The molecule has 0 atom stereocenters. The first-order chi connectivity index (χ1) is 8.28. The van der Waals surface area contributed by atoms with Crippen molar-refractivity contribution in [2.75, 3.05) is 13.7 Å². The molecule has 0 fully saturated rings. The number of carbonyl (C=O) groups excluding carboxylic acids is 1. The summed E-state index contributed by atoms with van der Waals surface area (Å²) in [6.07, 6.45) is -5.51. The van der Waals surface area contributed by atoms with Gasteiger partial charge in [-0.3, -0.25) is 0 Å². The number of hydrogen-bond acceptors (Lipinski definition) is 2. The van der Waals surface area contributed by atoms with Crippen LogP contribution in [0, 0.1) is 0 Å². The molecular weight excluding hydrogens is 315 g/mol. The van der Waals surface area contributed by atoms with Crippen LogP contribution in [-0.4, -0.2) is 30.8 Å². The van der Waals surface area contributed by atoms with Gasteiger partial charge in [-0.1, -0.05) is 28.1 Å². The number of nitrogens with zero attached hydrogens (tertiary/aromatic N) is 1. The molecule has 100 valence electrons. The van der Waals surface area contributed by atoms with Gasteiger partial charge in [0, 0.05) is 18.1 Å². The minimum Gasteiger partial charge on any atom is -0.440 e. The first kappa shape index (κ1) is 14.8. The molecule has 0 aliphatic rings. The Labute approximate surface area is 111 Å². The largest absolute Gasteiger partial charge is 0.440 e. The molecule has 18 heavy (non-hydrogen) atoms. The van der Waals surface area contributed by atoms with E-state index in [1.54, 1.807) is 24.3 Å². The van der Waals surface area contributed by atoms with Gasteiger partial charge in [0.25, 0.3) is 0 Å². The smallest absolute Gasteiger partial charge is 0.422 e. The average molecular weight is 326 g/mol. The van der Waals surface area contributed by atoms with Gasteiger partial charge in [-0.15, -0.1) is 0 Å². The van der Waals surface area contributed by atoms with E-state index in [2.05, 4.69) is 20.7 Å². The van der Waals surface area contributed by atoms with E-state index in [1.165, 1.54) is 7.05 Å². The Kier molecular flexibility index (Phi) is 5.01. The van der Waals surface area contributed by atoms with Crippen molar-refractivity contribution in [3.05, 3.63) is 34.3 Å². The van der Waals surface area contributed by atoms with Gasteiger partial charge in [-0.25, -0.2) is 4.79 Å². The average Bonchev–Trinajstić information content (AvgIpc) is 2.28. The lowest BCUT2D eigenvalue weighted by Crippen LogP contribution is -2.30. The van der Waals surface area contributed by atoms with Crippen LogP contribution in [0.4, 0.5) is 18.0 Å². The second-order valence-corrected chi connectivity index (χ2v) is 4.57. The Morgan fingerprint density at radius 2 is 1.89 bits per heavy atom. The molecule has 0 N–H and O–H groups in total. The van der Waals surface area contributed by atoms with Gasteiger partial charge < -0.3 is 9.64 Å². The third kappa shape index (κ3) is 5.39. The number of hydrogen-bond donors (Lipinski definition) is 0. The lowest BCUT2D eigenvalue weighted by atomic mass is 10.2. The molecule has 0 saturated carbocycles. The monoisotopic (exact) mass is 325 g/mol. The van der Waals surface area contributed by atoms with Crippen molar-refractivity contribution in [3.63, 3.8) is 0 Å². The van der Waals surface area contributed by atoms with Gasteiger partial charge in [0.15, 0.2) is 6.61 Å². The standard InChI is InChI=1S/C11H11BrF3NO2/c1-16(10(17)18-7-11(13,14)15)6-8-2-4-9(12)5-3-8/h2-5H,6-7H2,1H3. The van der Waals surface area contributed by atoms with Crippen molar-refractivity contribution in [1.82, 2.24) is 4.90 Å². The van der Waals surface area contributed by atoms with Crippen LogP contribution in [0.1, 0.15) is 5.56 Å².